The van der Waals surface area contributed by atoms with Crippen LogP contribution in [-0.4, -0.2) is 28.3 Å². The van der Waals surface area contributed by atoms with E-state index in [2.05, 4.69) is 0 Å². The first kappa shape index (κ1) is 18.5. The van der Waals surface area contributed by atoms with Gasteiger partial charge in [-0.2, -0.15) is 13.2 Å². The molecule has 0 saturated heterocycles. The Balaban J connectivity index is 2.76. The molecule has 0 spiro atoms. The van der Waals surface area contributed by atoms with Crippen LogP contribution in [0.1, 0.15) is 54.9 Å². The Labute approximate surface area is 127 Å². The van der Waals surface area contributed by atoms with E-state index in [-0.39, 0.29) is 16.9 Å². The molecule has 1 atom stereocenters. The maximum atomic E-state index is 12.2. The molecular formula is C16H21F3O3. The fourth-order valence-corrected chi connectivity index (χ4v) is 2.13. The van der Waals surface area contributed by atoms with Crippen LogP contribution >= 0.6 is 0 Å². The molecule has 0 heterocycles. The number of aliphatic hydroxyl groups excluding tert-OH is 1. The van der Waals surface area contributed by atoms with Crippen molar-refractivity contribution in [2.75, 3.05) is 0 Å². The SMILES string of the molecule is CCCCCC(O)C(=O)c1ccc(O)c(CCC(F)(F)F)c1. The van der Waals surface area contributed by atoms with Gasteiger partial charge in [0.15, 0.2) is 5.78 Å². The number of aryl methyl sites for hydroxylation is 1. The zero-order valence-corrected chi connectivity index (χ0v) is 12.5. The summed E-state index contributed by atoms with van der Waals surface area (Å²) in [4.78, 5) is 12.0. The molecule has 6 heteroatoms. The third-order valence-electron chi connectivity index (χ3n) is 3.43. The minimum absolute atomic E-state index is 0.0592. The summed E-state index contributed by atoms with van der Waals surface area (Å²) in [5, 5.41) is 19.4. The van der Waals surface area contributed by atoms with Crippen molar-refractivity contribution in [2.24, 2.45) is 0 Å². The average molecular weight is 318 g/mol. The van der Waals surface area contributed by atoms with Crippen LogP contribution < -0.4 is 0 Å². The van der Waals surface area contributed by atoms with Crippen LogP contribution in [0.5, 0.6) is 5.75 Å². The highest BCUT2D eigenvalue weighted by molar-refractivity contribution is 5.99. The number of aromatic hydroxyl groups is 1. The molecule has 2 N–H and O–H groups in total. The molecule has 3 nitrogen and oxygen atoms in total. The molecule has 0 aliphatic carbocycles. The van der Waals surface area contributed by atoms with Crippen LogP contribution in [0.4, 0.5) is 13.2 Å². The topological polar surface area (TPSA) is 57.5 Å². The first-order chi connectivity index (χ1) is 10.2. The van der Waals surface area contributed by atoms with Crippen molar-refractivity contribution in [2.45, 2.75) is 57.7 Å². The van der Waals surface area contributed by atoms with Crippen LogP contribution in [0.25, 0.3) is 0 Å². The quantitative estimate of drug-likeness (QED) is 0.562. The van der Waals surface area contributed by atoms with Crippen molar-refractivity contribution in [3.05, 3.63) is 29.3 Å². The number of phenolic OH excluding ortho intramolecular Hbond substituents is 1. The van der Waals surface area contributed by atoms with E-state index in [0.29, 0.717) is 12.8 Å². The second kappa shape index (κ2) is 8.17. The van der Waals surface area contributed by atoms with Crippen molar-refractivity contribution in [3.8, 4) is 5.75 Å². The predicted molar refractivity (Wildman–Crippen MR) is 77.0 cm³/mol. The predicted octanol–water partition coefficient (Wildman–Crippen LogP) is 4.01. The van der Waals surface area contributed by atoms with Gasteiger partial charge in [0.2, 0.25) is 0 Å². The van der Waals surface area contributed by atoms with E-state index < -0.39 is 30.9 Å². The second-order valence-electron chi connectivity index (χ2n) is 5.33. The molecule has 0 aromatic heterocycles. The number of aliphatic hydroxyl groups is 1. The van der Waals surface area contributed by atoms with E-state index in [0.717, 1.165) is 12.8 Å². The van der Waals surface area contributed by atoms with Crippen molar-refractivity contribution >= 4 is 5.78 Å². The van der Waals surface area contributed by atoms with Gasteiger partial charge in [-0.15, -0.1) is 0 Å². The van der Waals surface area contributed by atoms with Gasteiger partial charge < -0.3 is 10.2 Å². The van der Waals surface area contributed by atoms with E-state index >= 15 is 0 Å². The van der Waals surface area contributed by atoms with Gasteiger partial charge in [0.25, 0.3) is 0 Å². The summed E-state index contributed by atoms with van der Waals surface area (Å²) in [7, 11) is 0. The van der Waals surface area contributed by atoms with E-state index in [1.807, 2.05) is 6.92 Å². The number of unbranched alkanes of at least 4 members (excludes halogenated alkanes) is 2. The van der Waals surface area contributed by atoms with E-state index in [1.54, 1.807) is 0 Å². The summed E-state index contributed by atoms with van der Waals surface area (Å²) >= 11 is 0. The Morgan fingerprint density at radius 1 is 1.27 bits per heavy atom. The maximum Gasteiger partial charge on any atom is 0.389 e. The van der Waals surface area contributed by atoms with Crippen LogP contribution in [0.15, 0.2) is 18.2 Å². The van der Waals surface area contributed by atoms with Gasteiger partial charge in [-0.3, -0.25) is 4.79 Å². The molecule has 0 radical (unpaired) electrons. The molecule has 0 fully saturated rings. The first-order valence-corrected chi connectivity index (χ1v) is 7.35. The lowest BCUT2D eigenvalue weighted by Gasteiger charge is -2.12. The number of alkyl halides is 3. The molecule has 0 bridgehead atoms. The maximum absolute atomic E-state index is 12.2. The third kappa shape index (κ3) is 6.05. The largest absolute Gasteiger partial charge is 0.508 e. The van der Waals surface area contributed by atoms with Gasteiger partial charge in [-0.25, -0.2) is 0 Å². The molecule has 22 heavy (non-hydrogen) atoms. The minimum Gasteiger partial charge on any atom is -0.508 e. The zero-order chi connectivity index (χ0) is 16.8. The number of carbonyl (C=O) groups excluding carboxylic acids is 1. The highest BCUT2D eigenvalue weighted by Crippen LogP contribution is 2.27. The number of Topliss-reactive ketones (excluding diaryl/α,β-unsaturated/α-hetero) is 1. The van der Waals surface area contributed by atoms with Gasteiger partial charge >= 0.3 is 6.18 Å². The monoisotopic (exact) mass is 318 g/mol. The van der Waals surface area contributed by atoms with Gasteiger partial charge in [-0.1, -0.05) is 26.2 Å². The Morgan fingerprint density at radius 3 is 2.55 bits per heavy atom. The van der Waals surface area contributed by atoms with Gasteiger partial charge in [0.1, 0.15) is 11.9 Å². The molecular weight excluding hydrogens is 297 g/mol. The minimum atomic E-state index is -4.33. The fraction of sp³-hybridized carbons (Fsp3) is 0.562. The molecule has 1 aromatic rings. The highest BCUT2D eigenvalue weighted by atomic mass is 19.4. The average Bonchev–Trinajstić information content (AvgIpc) is 2.45. The molecule has 1 aromatic carbocycles. The van der Waals surface area contributed by atoms with Gasteiger partial charge in [0.05, 0.1) is 0 Å². The molecule has 1 unspecified atom stereocenters. The van der Waals surface area contributed by atoms with Gasteiger partial charge in [0, 0.05) is 12.0 Å². The normalized spacial score (nSPS) is 13.1. The van der Waals surface area contributed by atoms with E-state index in [4.69, 9.17) is 0 Å². The Kier molecular flexibility index (Phi) is 6.87. The number of carbonyl (C=O) groups is 1. The zero-order valence-electron chi connectivity index (χ0n) is 12.5. The summed E-state index contributed by atoms with van der Waals surface area (Å²) in [6, 6.07) is 3.74. The smallest absolute Gasteiger partial charge is 0.389 e. The second-order valence-corrected chi connectivity index (χ2v) is 5.33. The molecule has 0 aliphatic heterocycles. The lowest BCUT2D eigenvalue weighted by Crippen LogP contribution is -2.20. The molecule has 0 amide bonds. The molecule has 0 saturated carbocycles. The van der Waals surface area contributed by atoms with Gasteiger partial charge in [-0.05, 0) is 36.6 Å². The number of hydrogen-bond donors (Lipinski definition) is 2. The summed E-state index contributed by atoms with van der Waals surface area (Å²) in [6.45, 7) is 2.00. The van der Waals surface area contributed by atoms with Crippen molar-refractivity contribution < 1.29 is 28.2 Å². The molecule has 1 rings (SSSR count). The van der Waals surface area contributed by atoms with Crippen molar-refractivity contribution in [1.82, 2.24) is 0 Å². The van der Waals surface area contributed by atoms with E-state index in [9.17, 15) is 28.2 Å². The summed E-state index contributed by atoms with van der Waals surface area (Å²) < 4.78 is 36.7. The molecule has 124 valence electrons. The van der Waals surface area contributed by atoms with Crippen molar-refractivity contribution in [1.29, 1.82) is 0 Å². The van der Waals surface area contributed by atoms with Crippen LogP contribution in [-0.2, 0) is 6.42 Å². The third-order valence-corrected chi connectivity index (χ3v) is 3.43. The number of phenols is 1. The number of benzene rings is 1. The van der Waals surface area contributed by atoms with Crippen molar-refractivity contribution in [3.63, 3.8) is 0 Å². The number of hydrogen-bond acceptors (Lipinski definition) is 3. The first-order valence-electron chi connectivity index (χ1n) is 7.35. The Hall–Kier alpha value is -1.56. The van der Waals surface area contributed by atoms with Crippen LogP contribution in [0, 0.1) is 0 Å². The fourth-order valence-electron chi connectivity index (χ4n) is 2.13. The molecule has 0 aliphatic rings. The summed E-state index contributed by atoms with van der Waals surface area (Å²) in [5.74, 6) is -0.800. The number of halogens is 3. The van der Waals surface area contributed by atoms with Crippen LogP contribution in [0.2, 0.25) is 0 Å². The lowest BCUT2D eigenvalue weighted by molar-refractivity contribution is -0.134. The Morgan fingerprint density at radius 2 is 1.95 bits per heavy atom. The van der Waals surface area contributed by atoms with E-state index in [1.165, 1.54) is 18.2 Å². The Bertz CT molecular complexity index is 498. The highest BCUT2D eigenvalue weighted by Gasteiger charge is 2.27. The lowest BCUT2D eigenvalue weighted by atomic mass is 9.98. The number of rotatable bonds is 8. The standard InChI is InChI=1S/C16H21F3O3/c1-2-3-4-5-14(21)15(22)12-6-7-13(20)11(10-12)8-9-16(17,18)19/h6-7,10,14,20-21H,2-5,8-9H2,1H3. The summed E-state index contributed by atoms with van der Waals surface area (Å²) in [5.41, 5.74) is 0.183. The van der Waals surface area contributed by atoms with Crippen LogP contribution in [0.3, 0.4) is 0 Å². The summed E-state index contributed by atoms with van der Waals surface area (Å²) in [6.07, 6.45) is -4.07. The number of ketones is 1.